The summed E-state index contributed by atoms with van der Waals surface area (Å²) in [5, 5.41) is 8.70. The lowest BCUT2D eigenvalue weighted by Gasteiger charge is -2.22. The Hall–Kier alpha value is -1.69. The molecule has 1 N–H and O–H groups in total. The molecule has 23 heavy (non-hydrogen) atoms. The smallest absolute Gasteiger partial charge is 0.187 e. The molecule has 3 heterocycles. The van der Waals surface area contributed by atoms with Crippen LogP contribution in [0.25, 0.3) is 0 Å². The minimum atomic E-state index is 0.572. The van der Waals surface area contributed by atoms with Gasteiger partial charge in [-0.2, -0.15) is 0 Å². The van der Waals surface area contributed by atoms with Crippen molar-refractivity contribution in [2.45, 2.75) is 25.4 Å². The number of hydrogen-bond donors (Lipinski definition) is 1. The van der Waals surface area contributed by atoms with Crippen LogP contribution in [0.2, 0.25) is 0 Å². The van der Waals surface area contributed by atoms with Crippen LogP contribution in [-0.2, 0) is 6.54 Å². The molecule has 1 aliphatic heterocycles. The Labute approximate surface area is 144 Å². The van der Waals surface area contributed by atoms with Crippen LogP contribution < -0.4 is 5.32 Å². The highest BCUT2D eigenvalue weighted by atomic mass is 32.1. The number of anilines is 2. The molecular weight excluding hydrogens is 322 g/mol. The maximum Gasteiger partial charge on any atom is 0.187 e. The van der Waals surface area contributed by atoms with Crippen LogP contribution in [0.15, 0.2) is 53.2 Å². The van der Waals surface area contributed by atoms with E-state index in [2.05, 4.69) is 45.2 Å². The summed E-state index contributed by atoms with van der Waals surface area (Å²) in [6.07, 6.45) is 2.54. The molecule has 0 amide bonds. The first-order valence-electron chi connectivity index (χ1n) is 7.92. The first-order valence-corrected chi connectivity index (χ1v) is 9.68. The summed E-state index contributed by atoms with van der Waals surface area (Å²) in [6.45, 7) is 2.11. The van der Waals surface area contributed by atoms with Crippen molar-refractivity contribution in [3.63, 3.8) is 0 Å². The van der Waals surface area contributed by atoms with E-state index >= 15 is 0 Å². The quantitative estimate of drug-likeness (QED) is 0.684. The molecule has 1 atom stereocenters. The summed E-state index contributed by atoms with van der Waals surface area (Å²) in [5.41, 5.74) is 2.25. The Kier molecular flexibility index (Phi) is 4.41. The molecular formula is C18H19N3S2. The number of hydrogen-bond acceptors (Lipinski definition) is 5. The number of thiazole rings is 1. The van der Waals surface area contributed by atoms with E-state index in [9.17, 15) is 0 Å². The van der Waals surface area contributed by atoms with Crippen molar-refractivity contribution in [2.75, 3.05) is 11.9 Å². The van der Waals surface area contributed by atoms with Gasteiger partial charge in [0.1, 0.15) is 0 Å². The zero-order valence-electron chi connectivity index (χ0n) is 12.8. The van der Waals surface area contributed by atoms with Gasteiger partial charge in [0.25, 0.3) is 0 Å². The van der Waals surface area contributed by atoms with Gasteiger partial charge in [-0.3, -0.25) is 4.90 Å². The van der Waals surface area contributed by atoms with Crippen molar-refractivity contribution in [1.29, 1.82) is 0 Å². The fraction of sp³-hybridized carbons (Fsp3) is 0.278. The standard InChI is InChI=1S/C18H19N3S2/c1-2-6-14(7-3-1)19-18-20-15(13-23-18)12-21-10-4-8-16(21)17-9-5-11-22-17/h1-3,5-7,9,11,13,16H,4,8,10,12H2,(H,19,20). The number of nitrogens with one attached hydrogen (secondary N) is 1. The van der Waals surface area contributed by atoms with E-state index in [1.807, 2.05) is 29.5 Å². The van der Waals surface area contributed by atoms with Gasteiger partial charge in [-0.25, -0.2) is 4.98 Å². The highest BCUT2D eigenvalue weighted by Crippen LogP contribution is 2.35. The summed E-state index contributed by atoms with van der Waals surface area (Å²) in [6, 6.07) is 15.2. The molecule has 0 radical (unpaired) electrons. The van der Waals surface area contributed by atoms with Gasteiger partial charge in [-0.15, -0.1) is 22.7 Å². The minimum absolute atomic E-state index is 0.572. The second kappa shape index (κ2) is 6.83. The van der Waals surface area contributed by atoms with Crippen molar-refractivity contribution >= 4 is 33.5 Å². The van der Waals surface area contributed by atoms with E-state index in [0.29, 0.717) is 6.04 Å². The summed E-state index contributed by atoms with van der Waals surface area (Å²) < 4.78 is 0. The van der Waals surface area contributed by atoms with Crippen LogP contribution in [0.3, 0.4) is 0 Å². The lowest BCUT2D eigenvalue weighted by atomic mass is 10.2. The Morgan fingerprint density at radius 1 is 1.13 bits per heavy atom. The van der Waals surface area contributed by atoms with Gasteiger partial charge in [0, 0.05) is 28.5 Å². The summed E-state index contributed by atoms with van der Waals surface area (Å²) in [5.74, 6) is 0. The van der Waals surface area contributed by atoms with Crippen molar-refractivity contribution in [1.82, 2.24) is 9.88 Å². The predicted molar refractivity (Wildman–Crippen MR) is 98.5 cm³/mol. The van der Waals surface area contributed by atoms with E-state index in [0.717, 1.165) is 23.1 Å². The second-order valence-electron chi connectivity index (χ2n) is 5.78. The Morgan fingerprint density at radius 3 is 2.87 bits per heavy atom. The molecule has 0 aliphatic carbocycles. The second-order valence-corrected chi connectivity index (χ2v) is 7.62. The first-order chi connectivity index (χ1) is 11.4. The van der Waals surface area contributed by atoms with Crippen LogP contribution in [0, 0.1) is 0 Å². The lowest BCUT2D eigenvalue weighted by molar-refractivity contribution is 0.249. The topological polar surface area (TPSA) is 28.2 Å². The molecule has 1 fully saturated rings. The minimum Gasteiger partial charge on any atom is -0.332 e. The molecule has 1 aliphatic rings. The fourth-order valence-corrected chi connectivity index (χ4v) is 4.73. The Bertz CT molecular complexity index is 737. The van der Waals surface area contributed by atoms with E-state index in [1.165, 1.54) is 24.3 Å². The zero-order valence-corrected chi connectivity index (χ0v) is 14.4. The average Bonchev–Trinajstić information content (AvgIpc) is 3.30. The normalized spacial score (nSPS) is 18.3. The van der Waals surface area contributed by atoms with Gasteiger partial charge in [-0.1, -0.05) is 24.3 Å². The maximum absolute atomic E-state index is 4.75. The summed E-state index contributed by atoms with van der Waals surface area (Å²) >= 11 is 3.55. The first kappa shape index (κ1) is 14.9. The molecule has 2 aromatic heterocycles. The van der Waals surface area contributed by atoms with E-state index in [1.54, 1.807) is 11.3 Å². The van der Waals surface area contributed by atoms with Crippen molar-refractivity contribution < 1.29 is 0 Å². The third kappa shape index (κ3) is 3.47. The summed E-state index contributed by atoms with van der Waals surface area (Å²) in [7, 11) is 0. The number of para-hydroxylation sites is 1. The predicted octanol–water partition coefficient (Wildman–Crippen LogP) is 5.29. The van der Waals surface area contributed by atoms with Crippen molar-refractivity contribution in [3.8, 4) is 0 Å². The molecule has 1 unspecified atom stereocenters. The fourth-order valence-electron chi connectivity index (χ4n) is 3.11. The van der Waals surface area contributed by atoms with Gasteiger partial charge >= 0.3 is 0 Å². The Balaban J connectivity index is 1.43. The molecule has 1 saturated heterocycles. The number of likely N-dealkylation sites (tertiary alicyclic amines) is 1. The van der Waals surface area contributed by atoms with Gasteiger partial charge in [-0.05, 0) is 43.0 Å². The van der Waals surface area contributed by atoms with Crippen LogP contribution in [0.1, 0.15) is 29.5 Å². The molecule has 4 rings (SSSR count). The van der Waals surface area contributed by atoms with Gasteiger partial charge < -0.3 is 5.32 Å². The number of thiophene rings is 1. The van der Waals surface area contributed by atoms with Crippen molar-refractivity contribution in [3.05, 3.63) is 63.8 Å². The number of nitrogens with zero attached hydrogens (tertiary/aromatic N) is 2. The summed E-state index contributed by atoms with van der Waals surface area (Å²) in [4.78, 5) is 8.80. The molecule has 0 saturated carbocycles. The van der Waals surface area contributed by atoms with Crippen LogP contribution in [0.4, 0.5) is 10.8 Å². The Morgan fingerprint density at radius 2 is 2.04 bits per heavy atom. The van der Waals surface area contributed by atoms with E-state index in [-0.39, 0.29) is 0 Å². The van der Waals surface area contributed by atoms with Gasteiger partial charge in [0.05, 0.1) is 5.69 Å². The van der Waals surface area contributed by atoms with Gasteiger partial charge in [0.2, 0.25) is 0 Å². The molecule has 118 valence electrons. The average molecular weight is 342 g/mol. The highest BCUT2D eigenvalue weighted by Gasteiger charge is 2.27. The van der Waals surface area contributed by atoms with E-state index in [4.69, 9.17) is 4.98 Å². The third-order valence-electron chi connectivity index (χ3n) is 4.18. The molecule has 0 spiro atoms. The number of rotatable bonds is 5. The van der Waals surface area contributed by atoms with Crippen LogP contribution in [-0.4, -0.2) is 16.4 Å². The molecule has 0 bridgehead atoms. The monoisotopic (exact) mass is 341 g/mol. The third-order valence-corrected chi connectivity index (χ3v) is 5.96. The maximum atomic E-state index is 4.75. The SMILES string of the molecule is c1ccc(Nc2nc(CN3CCCC3c3cccs3)cs2)cc1. The van der Waals surface area contributed by atoms with Crippen LogP contribution >= 0.6 is 22.7 Å². The number of aromatic nitrogens is 1. The van der Waals surface area contributed by atoms with Crippen molar-refractivity contribution in [2.24, 2.45) is 0 Å². The number of benzene rings is 1. The molecule has 1 aromatic carbocycles. The molecule has 3 aromatic rings. The van der Waals surface area contributed by atoms with E-state index < -0.39 is 0 Å². The molecule has 3 nitrogen and oxygen atoms in total. The highest BCUT2D eigenvalue weighted by molar-refractivity contribution is 7.13. The largest absolute Gasteiger partial charge is 0.332 e. The van der Waals surface area contributed by atoms with Gasteiger partial charge in [0.15, 0.2) is 5.13 Å². The van der Waals surface area contributed by atoms with Crippen LogP contribution in [0.5, 0.6) is 0 Å². The molecule has 5 heteroatoms. The lowest BCUT2D eigenvalue weighted by Crippen LogP contribution is -2.22. The zero-order chi connectivity index (χ0) is 15.5.